The van der Waals surface area contributed by atoms with Gasteiger partial charge in [0, 0.05) is 6.54 Å². The highest BCUT2D eigenvalue weighted by Crippen LogP contribution is 2.17. The predicted molar refractivity (Wildman–Crippen MR) is 54.7 cm³/mol. The van der Waals surface area contributed by atoms with Gasteiger partial charge in [-0.05, 0) is 33.6 Å². The first-order valence-electron chi connectivity index (χ1n) is 5.12. The summed E-state index contributed by atoms with van der Waals surface area (Å²) in [6.45, 7) is 6.41. The average Bonchev–Trinajstić information content (AvgIpc) is 2.51. The lowest BCUT2D eigenvalue weighted by atomic mass is 10.1. The van der Waals surface area contributed by atoms with Crippen molar-refractivity contribution in [2.45, 2.75) is 45.2 Å². The van der Waals surface area contributed by atoms with E-state index in [0.29, 0.717) is 0 Å². The molecule has 0 aromatic heterocycles. The van der Waals surface area contributed by atoms with Gasteiger partial charge in [-0.3, -0.25) is 4.79 Å². The first-order chi connectivity index (χ1) is 6.46. The van der Waals surface area contributed by atoms with Gasteiger partial charge >= 0.3 is 0 Å². The van der Waals surface area contributed by atoms with Crippen LogP contribution in [0.25, 0.3) is 0 Å². The lowest BCUT2D eigenvalue weighted by molar-refractivity contribution is -0.122. The zero-order valence-corrected chi connectivity index (χ0v) is 9.21. The molecule has 0 bridgehead atoms. The van der Waals surface area contributed by atoms with E-state index < -0.39 is 0 Å². The molecule has 0 aromatic carbocycles. The fraction of sp³-hybridized carbons (Fsp3) is 0.900. The zero-order chi connectivity index (χ0) is 10.8. The van der Waals surface area contributed by atoms with Crippen LogP contribution in [-0.4, -0.2) is 40.6 Å². The maximum Gasteiger partial charge on any atom is 0.148 e. The Kier molecular flexibility index (Phi) is 3.64. The lowest BCUT2D eigenvalue weighted by Crippen LogP contribution is -2.55. The highest BCUT2D eigenvalue weighted by molar-refractivity contribution is 5.81. The van der Waals surface area contributed by atoms with Crippen molar-refractivity contribution in [2.75, 3.05) is 13.2 Å². The maximum absolute atomic E-state index is 11.3. The van der Waals surface area contributed by atoms with Crippen molar-refractivity contribution in [3.63, 3.8) is 0 Å². The molecule has 4 nitrogen and oxygen atoms in total. The van der Waals surface area contributed by atoms with Gasteiger partial charge in [-0.25, -0.2) is 10.4 Å². The molecule has 1 rings (SSSR count). The maximum atomic E-state index is 11.3. The third kappa shape index (κ3) is 2.77. The molecule has 1 heterocycles. The molecule has 0 radical (unpaired) electrons. The third-order valence-corrected chi connectivity index (χ3v) is 2.56. The van der Waals surface area contributed by atoms with Crippen LogP contribution in [0.15, 0.2) is 0 Å². The molecule has 1 fully saturated rings. The molecule has 2 N–H and O–H groups in total. The molecule has 0 spiro atoms. The lowest BCUT2D eigenvalue weighted by Gasteiger charge is -2.33. The summed E-state index contributed by atoms with van der Waals surface area (Å²) in [4.78, 5) is 11.3. The van der Waals surface area contributed by atoms with Crippen LogP contribution in [-0.2, 0) is 4.79 Å². The third-order valence-electron chi connectivity index (χ3n) is 2.56. The van der Waals surface area contributed by atoms with E-state index in [9.17, 15) is 4.79 Å². The van der Waals surface area contributed by atoms with Crippen LogP contribution in [0.5, 0.6) is 0 Å². The van der Waals surface area contributed by atoms with Gasteiger partial charge in [-0.15, -0.1) is 0 Å². The van der Waals surface area contributed by atoms with Crippen LogP contribution in [0, 0.1) is 0 Å². The van der Waals surface area contributed by atoms with Gasteiger partial charge in [0.15, 0.2) is 0 Å². The standard InChI is InChI=1S/C10H20N2O2/c1-8(14)9-5-4-6-12(9)11-10(2,3)7-13/h9,11,13H,4-7H2,1-3H3. The second-order valence-corrected chi connectivity index (χ2v) is 4.62. The van der Waals surface area contributed by atoms with Gasteiger partial charge in [-0.2, -0.15) is 0 Å². The molecule has 0 amide bonds. The van der Waals surface area contributed by atoms with Crippen LogP contribution in [0.1, 0.15) is 33.6 Å². The van der Waals surface area contributed by atoms with Gasteiger partial charge in [0.1, 0.15) is 5.78 Å². The monoisotopic (exact) mass is 200 g/mol. The average molecular weight is 200 g/mol. The predicted octanol–water partition coefficient (Wildman–Crippen LogP) is 0.315. The normalized spacial score (nSPS) is 24.1. The van der Waals surface area contributed by atoms with E-state index in [-0.39, 0.29) is 24.0 Å². The number of nitrogens with zero attached hydrogens (tertiary/aromatic N) is 1. The summed E-state index contributed by atoms with van der Waals surface area (Å²) < 4.78 is 0. The zero-order valence-electron chi connectivity index (χ0n) is 9.21. The van der Waals surface area contributed by atoms with Gasteiger partial charge in [-0.1, -0.05) is 0 Å². The molecule has 1 aliphatic heterocycles. The minimum absolute atomic E-state index is 0.0131. The summed E-state index contributed by atoms with van der Waals surface area (Å²) in [5.41, 5.74) is 2.85. The molecule has 1 unspecified atom stereocenters. The van der Waals surface area contributed by atoms with Gasteiger partial charge in [0.2, 0.25) is 0 Å². The van der Waals surface area contributed by atoms with E-state index in [0.717, 1.165) is 19.4 Å². The van der Waals surface area contributed by atoms with Crippen LogP contribution in [0.3, 0.4) is 0 Å². The van der Waals surface area contributed by atoms with Crippen molar-refractivity contribution in [1.82, 2.24) is 10.4 Å². The van der Waals surface area contributed by atoms with Gasteiger partial charge in [0.25, 0.3) is 0 Å². The molecular formula is C10H20N2O2. The van der Waals surface area contributed by atoms with E-state index in [2.05, 4.69) is 5.43 Å². The van der Waals surface area contributed by atoms with Crippen molar-refractivity contribution in [2.24, 2.45) is 0 Å². The number of hydrazine groups is 1. The van der Waals surface area contributed by atoms with Crippen LogP contribution in [0.4, 0.5) is 0 Å². The Balaban J connectivity index is 2.55. The van der Waals surface area contributed by atoms with Crippen molar-refractivity contribution in [1.29, 1.82) is 0 Å². The Morgan fingerprint density at radius 1 is 1.64 bits per heavy atom. The Morgan fingerprint density at radius 3 is 2.79 bits per heavy atom. The highest BCUT2D eigenvalue weighted by atomic mass is 16.3. The van der Waals surface area contributed by atoms with E-state index >= 15 is 0 Å². The summed E-state index contributed by atoms with van der Waals surface area (Å²) in [7, 11) is 0. The van der Waals surface area contributed by atoms with Crippen molar-refractivity contribution in [3.8, 4) is 0 Å². The fourth-order valence-electron chi connectivity index (χ4n) is 1.75. The van der Waals surface area contributed by atoms with Gasteiger partial charge < -0.3 is 5.11 Å². The molecule has 0 aliphatic carbocycles. The molecule has 4 heteroatoms. The SMILES string of the molecule is CC(=O)C1CCCN1NC(C)(C)CO. The number of rotatable bonds is 4. The molecule has 1 aliphatic rings. The summed E-state index contributed by atoms with van der Waals surface area (Å²) in [5.74, 6) is 0.198. The molecular weight excluding hydrogens is 180 g/mol. The highest BCUT2D eigenvalue weighted by Gasteiger charge is 2.31. The van der Waals surface area contributed by atoms with E-state index in [1.165, 1.54) is 0 Å². The van der Waals surface area contributed by atoms with Crippen molar-refractivity contribution >= 4 is 5.78 Å². The van der Waals surface area contributed by atoms with E-state index in [1.54, 1.807) is 6.92 Å². The summed E-state index contributed by atoms with van der Waals surface area (Å²) in [5, 5.41) is 11.1. The molecule has 0 saturated carbocycles. The van der Waals surface area contributed by atoms with Crippen molar-refractivity contribution < 1.29 is 9.90 Å². The number of ketones is 1. The van der Waals surface area contributed by atoms with Crippen LogP contribution >= 0.6 is 0 Å². The summed E-state index contributed by atoms with van der Waals surface area (Å²) >= 11 is 0. The number of carbonyl (C=O) groups is 1. The fourth-order valence-corrected chi connectivity index (χ4v) is 1.75. The minimum Gasteiger partial charge on any atom is -0.394 e. The Hall–Kier alpha value is -0.450. The van der Waals surface area contributed by atoms with Crippen molar-refractivity contribution in [3.05, 3.63) is 0 Å². The number of nitrogens with one attached hydrogen (secondary N) is 1. The molecule has 0 aromatic rings. The molecule has 82 valence electrons. The Morgan fingerprint density at radius 2 is 2.29 bits per heavy atom. The van der Waals surface area contributed by atoms with Crippen LogP contribution < -0.4 is 5.43 Å². The number of carbonyl (C=O) groups excluding carboxylic acids is 1. The van der Waals surface area contributed by atoms with Gasteiger partial charge in [0.05, 0.1) is 18.2 Å². The second kappa shape index (κ2) is 4.38. The number of aliphatic hydroxyl groups excluding tert-OH is 1. The summed E-state index contributed by atoms with van der Waals surface area (Å²) in [6.07, 6.45) is 1.96. The molecule has 1 saturated heterocycles. The molecule has 1 atom stereocenters. The number of Topliss-reactive ketones (excluding diaryl/α,β-unsaturated/α-hetero) is 1. The number of aliphatic hydroxyl groups is 1. The topological polar surface area (TPSA) is 52.6 Å². The number of hydrogen-bond acceptors (Lipinski definition) is 4. The van der Waals surface area contributed by atoms with E-state index in [1.807, 2.05) is 18.9 Å². The quantitative estimate of drug-likeness (QED) is 0.686. The summed E-state index contributed by atoms with van der Waals surface area (Å²) in [6, 6.07) is -0.0131. The van der Waals surface area contributed by atoms with Crippen LogP contribution in [0.2, 0.25) is 0 Å². The largest absolute Gasteiger partial charge is 0.394 e. The second-order valence-electron chi connectivity index (χ2n) is 4.62. The Bertz CT molecular complexity index is 216. The van der Waals surface area contributed by atoms with E-state index in [4.69, 9.17) is 5.11 Å². The number of hydrogen-bond donors (Lipinski definition) is 2. The Labute approximate surface area is 85.3 Å². The molecule has 14 heavy (non-hydrogen) atoms. The minimum atomic E-state index is -0.349. The smallest absolute Gasteiger partial charge is 0.148 e. The first kappa shape index (κ1) is 11.6. The first-order valence-corrected chi connectivity index (χ1v) is 5.12.